The molecule has 0 amide bonds. The summed E-state index contributed by atoms with van der Waals surface area (Å²) in [7, 11) is -15.1. The number of nitro benzene ring substituents is 1. The van der Waals surface area contributed by atoms with Crippen molar-refractivity contribution >= 4 is 92.2 Å². The maximum atomic E-state index is 13.1. The van der Waals surface area contributed by atoms with Crippen molar-refractivity contribution in [1.29, 1.82) is 0 Å². The van der Waals surface area contributed by atoms with Gasteiger partial charge < -0.3 is 30.2 Å². The topological polar surface area (TPSA) is 365 Å². The number of rotatable bonds is 12. The molecule has 0 aliphatic carbocycles. The summed E-state index contributed by atoms with van der Waals surface area (Å²) in [5.74, 6) is -1.58. The van der Waals surface area contributed by atoms with Crippen LogP contribution in [0.5, 0.6) is 17.2 Å². The number of anilines is 2. The molecule has 6 aromatic carbocycles. The predicted molar refractivity (Wildman–Crippen MR) is 205 cm³/mol. The Kier molecular flexibility index (Phi) is 16.1. The van der Waals surface area contributed by atoms with Gasteiger partial charge in [-0.25, -0.2) is 25.3 Å². The van der Waals surface area contributed by atoms with E-state index < -0.39 is 78.6 Å². The molecule has 0 aliphatic heterocycles. The van der Waals surface area contributed by atoms with Crippen molar-refractivity contribution in [2.45, 2.75) is 14.7 Å². The molecule has 0 spiro atoms. The van der Waals surface area contributed by atoms with Crippen molar-refractivity contribution < 1.29 is 157 Å². The van der Waals surface area contributed by atoms with Gasteiger partial charge in [-0.05, 0) is 90.3 Å². The quantitative estimate of drug-likeness (QED) is 0.0289. The summed E-state index contributed by atoms with van der Waals surface area (Å²) in [5.41, 5.74) is 3.72. The molecule has 0 bridgehead atoms. The number of non-ortho nitro benzene ring substituents is 1. The number of phenolic OH excluding ortho intramolecular Hbond substituents is 3. The first-order chi connectivity index (χ1) is 27.7. The molecular formula is C34H23K2N9O13S3. The van der Waals surface area contributed by atoms with Crippen LogP contribution < -0.4 is 113 Å². The standard InChI is InChI=1S/C34H25N9O13S3.2K/c35-31-30-18(15-28(58(51,52)53)32(31)40-37-20-5-9-23(10-6-20)43(47)48)16-29(59(54,55)56)33(34(30)46)41-38-21-7-12-25(13-8-21)57(49,50)42-22-3-1-19(2-4-22)36-39-26-14-11-24(44)17-27(26)45;;/h1-17,42,44-46H,35H2,(H,51,52,53)(H,54,55,56);;/q;2*+1/p-2. The van der Waals surface area contributed by atoms with E-state index in [9.17, 15) is 59.8 Å². The Morgan fingerprint density at radius 1 is 0.607 bits per heavy atom. The molecule has 0 unspecified atom stereocenters. The third kappa shape index (κ3) is 11.8. The fraction of sp³-hybridized carbons (Fsp3) is 0. The number of benzene rings is 6. The Morgan fingerprint density at radius 3 is 1.59 bits per heavy atom. The van der Waals surface area contributed by atoms with Gasteiger partial charge in [0.25, 0.3) is 15.7 Å². The number of hydrogen-bond acceptors (Lipinski definition) is 20. The van der Waals surface area contributed by atoms with Crippen molar-refractivity contribution in [3.63, 3.8) is 0 Å². The molecule has 0 heterocycles. The molecule has 0 fully saturated rings. The third-order valence-electron chi connectivity index (χ3n) is 7.94. The van der Waals surface area contributed by atoms with E-state index in [1.807, 2.05) is 0 Å². The zero-order valence-electron chi connectivity index (χ0n) is 31.2. The van der Waals surface area contributed by atoms with Crippen molar-refractivity contribution in [3.05, 3.63) is 113 Å². The number of nitrogen functional groups attached to an aromatic ring is 1. The van der Waals surface area contributed by atoms with E-state index in [2.05, 4.69) is 35.4 Å². The molecule has 22 nitrogen and oxygen atoms in total. The minimum atomic E-state index is -5.50. The molecule has 0 aromatic heterocycles. The van der Waals surface area contributed by atoms with Crippen LogP contribution in [0.15, 0.2) is 149 Å². The summed E-state index contributed by atoms with van der Waals surface area (Å²) >= 11 is 0. The minimum absolute atomic E-state index is 0. The Balaban J connectivity index is 0.00000410. The van der Waals surface area contributed by atoms with E-state index >= 15 is 0 Å². The second-order valence-corrected chi connectivity index (χ2v) is 16.3. The number of nitrogens with zero attached hydrogens (tertiary/aromatic N) is 7. The molecule has 0 aliphatic rings. The molecule has 0 radical (unpaired) electrons. The second kappa shape index (κ2) is 19.9. The molecule has 27 heteroatoms. The molecule has 61 heavy (non-hydrogen) atoms. The van der Waals surface area contributed by atoms with Gasteiger partial charge in [-0.3, -0.25) is 14.8 Å². The van der Waals surface area contributed by atoms with E-state index in [1.165, 1.54) is 36.4 Å². The SMILES string of the molecule is Nc1c(N=Nc2ccc([N+](=O)[O-])cc2)c(S(=O)(=O)[O-])cc2cc(S(=O)(=O)[O-])c(N=Nc3ccc(S(=O)(=O)Nc4ccc(N=Nc5ccc(O)cc5O)cc4)cc3)c(O)c12.[K+].[K+]. The third-order valence-corrected chi connectivity index (χ3v) is 11.0. The van der Waals surface area contributed by atoms with Gasteiger partial charge in [0.2, 0.25) is 0 Å². The van der Waals surface area contributed by atoms with Crippen LogP contribution in [-0.2, 0) is 30.3 Å². The summed E-state index contributed by atoms with van der Waals surface area (Å²) in [4.78, 5) is 7.70. The number of nitrogens with one attached hydrogen (secondary N) is 1. The van der Waals surface area contributed by atoms with E-state index in [4.69, 9.17) is 5.73 Å². The number of hydrogen-bond donors (Lipinski definition) is 5. The summed E-state index contributed by atoms with van der Waals surface area (Å²) in [6, 6.07) is 19.5. The van der Waals surface area contributed by atoms with Crippen LogP contribution in [0.25, 0.3) is 10.8 Å². The molecular weight excluding hydrogens is 917 g/mol. The van der Waals surface area contributed by atoms with Crippen LogP contribution in [0.2, 0.25) is 0 Å². The molecule has 0 saturated heterocycles. The fourth-order valence-corrected chi connectivity index (χ4v) is 7.52. The van der Waals surface area contributed by atoms with E-state index in [0.717, 1.165) is 54.6 Å². The number of nitrogens with two attached hydrogens (primary N) is 1. The van der Waals surface area contributed by atoms with Crippen molar-refractivity contribution in [2.75, 3.05) is 10.5 Å². The van der Waals surface area contributed by atoms with Crippen LogP contribution in [-0.4, -0.2) is 54.6 Å². The van der Waals surface area contributed by atoms with Gasteiger partial charge in [0.05, 0.1) is 47.7 Å². The Bertz CT molecular complexity index is 3100. The Labute approximate surface area is 429 Å². The van der Waals surface area contributed by atoms with E-state index in [1.54, 1.807) is 0 Å². The van der Waals surface area contributed by atoms with Gasteiger partial charge in [0.15, 0.2) is 5.75 Å². The smallest absolute Gasteiger partial charge is 0.744 e. The van der Waals surface area contributed by atoms with Crippen molar-refractivity contribution in [2.24, 2.45) is 30.7 Å². The average Bonchev–Trinajstić information content (AvgIpc) is 3.16. The van der Waals surface area contributed by atoms with E-state index in [-0.39, 0.29) is 148 Å². The maximum Gasteiger partial charge on any atom is 1.00 e. The van der Waals surface area contributed by atoms with Gasteiger partial charge in [0, 0.05) is 23.9 Å². The molecule has 0 atom stereocenters. The summed E-state index contributed by atoms with van der Waals surface area (Å²) in [6.07, 6.45) is 0. The van der Waals surface area contributed by atoms with Gasteiger partial charge in [0.1, 0.15) is 48.8 Å². The summed E-state index contributed by atoms with van der Waals surface area (Å²) in [6.45, 7) is 0. The number of azo groups is 3. The number of sulfonamides is 1. The Morgan fingerprint density at radius 2 is 1.08 bits per heavy atom. The normalized spacial score (nSPS) is 12.1. The predicted octanol–water partition coefficient (Wildman–Crippen LogP) is 1.31. The summed E-state index contributed by atoms with van der Waals surface area (Å²) in [5, 5.41) is 63.2. The van der Waals surface area contributed by atoms with E-state index in [0.29, 0.717) is 17.8 Å². The van der Waals surface area contributed by atoms with Crippen molar-refractivity contribution in [1.82, 2.24) is 0 Å². The summed E-state index contributed by atoms with van der Waals surface area (Å²) < 4.78 is 102. The second-order valence-electron chi connectivity index (χ2n) is 11.9. The van der Waals surface area contributed by atoms with Crippen LogP contribution in [0, 0.1) is 10.1 Å². The molecule has 0 saturated carbocycles. The molecule has 6 aromatic rings. The number of aromatic hydroxyl groups is 3. The first-order valence-corrected chi connectivity index (χ1v) is 20.3. The average molecular weight is 940 g/mol. The number of fused-ring (bicyclic) bond motifs is 1. The molecule has 6 N–H and O–H groups in total. The van der Waals surface area contributed by atoms with Gasteiger partial charge in [-0.1, -0.05) is 0 Å². The molecule has 302 valence electrons. The number of nitro groups is 1. The van der Waals surface area contributed by atoms with Crippen LogP contribution in [0.1, 0.15) is 0 Å². The monoisotopic (exact) mass is 939 g/mol. The number of phenols is 3. The van der Waals surface area contributed by atoms with Crippen LogP contribution in [0.4, 0.5) is 51.2 Å². The maximum absolute atomic E-state index is 13.1. The molecule has 6 rings (SSSR count). The van der Waals surface area contributed by atoms with Crippen molar-refractivity contribution in [3.8, 4) is 17.2 Å². The largest absolute Gasteiger partial charge is 1.00 e. The zero-order chi connectivity index (χ0) is 42.9. The van der Waals surface area contributed by atoms with Gasteiger partial charge in [-0.15, -0.1) is 15.3 Å². The minimum Gasteiger partial charge on any atom is -0.744 e. The van der Waals surface area contributed by atoms with Crippen LogP contribution in [0.3, 0.4) is 0 Å². The zero-order valence-corrected chi connectivity index (χ0v) is 39.9. The van der Waals surface area contributed by atoms with Gasteiger partial charge >= 0.3 is 103 Å². The Hall–Kier alpha value is -4.18. The fourth-order valence-electron chi connectivity index (χ4n) is 5.16. The van der Waals surface area contributed by atoms with Crippen LogP contribution >= 0.6 is 0 Å². The first kappa shape index (κ1) is 49.5. The van der Waals surface area contributed by atoms with Gasteiger partial charge in [-0.2, -0.15) is 15.3 Å². The first-order valence-electron chi connectivity index (χ1n) is 16.0.